The summed E-state index contributed by atoms with van der Waals surface area (Å²) in [6, 6.07) is 9.48. The third kappa shape index (κ3) is 1.60. The summed E-state index contributed by atoms with van der Waals surface area (Å²) >= 11 is 0. The number of hydrogen-bond acceptors (Lipinski definition) is 4. The summed E-state index contributed by atoms with van der Waals surface area (Å²) in [5.74, 6) is 1.01. The first-order valence-corrected chi connectivity index (χ1v) is 9.38. The molecule has 0 aromatic heterocycles. The number of ether oxygens (including phenoxy) is 1. The Morgan fingerprint density at radius 1 is 1.42 bits per heavy atom. The van der Waals surface area contributed by atoms with Gasteiger partial charge in [-0.25, -0.2) is 0 Å². The van der Waals surface area contributed by atoms with Crippen molar-refractivity contribution in [2.24, 2.45) is 17.8 Å². The van der Waals surface area contributed by atoms with Crippen LogP contribution in [0.4, 0.5) is 5.69 Å². The lowest BCUT2D eigenvalue weighted by atomic mass is 9.54. The molecule has 24 heavy (non-hydrogen) atoms. The van der Waals surface area contributed by atoms with Gasteiger partial charge in [0.05, 0.1) is 19.1 Å². The number of benzene rings is 1. The van der Waals surface area contributed by atoms with Gasteiger partial charge in [-0.1, -0.05) is 31.5 Å². The average Bonchev–Trinajstić information content (AvgIpc) is 3.17. The van der Waals surface area contributed by atoms with E-state index in [4.69, 9.17) is 4.74 Å². The molecule has 1 aliphatic carbocycles. The summed E-state index contributed by atoms with van der Waals surface area (Å²) in [6.07, 6.45) is 3.45. The lowest BCUT2D eigenvalue weighted by molar-refractivity contribution is -0.154. The molecule has 4 heteroatoms. The average molecular weight is 326 g/mol. The van der Waals surface area contributed by atoms with Gasteiger partial charge in [-0.3, -0.25) is 9.69 Å². The fourth-order valence-electron chi connectivity index (χ4n) is 6.57. The molecule has 3 aliphatic heterocycles. The van der Waals surface area contributed by atoms with Gasteiger partial charge in [0.15, 0.2) is 0 Å². The van der Waals surface area contributed by atoms with E-state index in [1.54, 1.807) is 7.11 Å². The largest absolute Gasteiger partial charge is 0.469 e. The van der Waals surface area contributed by atoms with Crippen LogP contribution in [-0.4, -0.2) is 43.2 Å². The number of piperidine rings is 1. The summed E-state index contributed by atoms with van der Waals surface area (Å²) in [5, 5.41) is 3.77. The minimum Gasteiger partial charge on any atom is -0.469 e. The highest BCUT2D eigenvalue weighted by molar-refractivity contribution is 5.78. The van der Waals surface area contributed by atoms with Gasteiger partial charge in [-0.2, -0.15) is 0 Å². The molecule has 1 aromatic carbocycles. The van der Waals surface area contributed by atoms with Crippen LogP contribution in [0.25, 0.3) is 0 Å². The van der Waals surface area contributed by atoms with E-state index in [-0.39, 0.29) is 23.3 Å². The van der Waals surface area contributed by atoms with Crippen molar-refractivity contribution in [1.29, 1.82) is 0 Å². The number of hydrogen-bond donors (Lipinski definition) is 1. The molecule has 128 valence electrons. The van der Waals surface area contributed by atoms with E-state index in [1.165, 1.54) is 11.3 Å². The first-order chi connectivity index (χ1) is 11.7. The monoisotopic (exact) mass is 326 g/mol. The van der Waals surface area contributed by atoms with E-state index in [0.29, 0.717) is 17.9 Å². The number of carbonyl (C=O) groups excluding carboxylic acids is 1. The second-order valence-electron chi connectivity index (χ2n) is 8.09. The number of anilines is 1. The Balaban J connectivity index is 1.68. The number of fused-ring (bicyclic) bond motifs is 2. The molecule has 0 radical (unpaired) electrons. The molecule has 2 bridgehead atoms. The third-order valence-electron chi connectivity index (χ3n) is 7.53. The molecule has 3 fully saturated rings. The Morgan fingerprint density at radius 2 is 2.25 bits per heavy atom. The molecule has 6 atom stereocenters. The fraction of sp³-hybridized carbons (Fsp3) is 0.650. The van der Waals surface area contributed by atoms with Crippen LogP contribution in [0.3, 0.4) is 0 Å². The van der Waals surface area contributed by atoms with E-state index < -0.39 is 0 Å². The predicted molar refractivity (Wildman–Crippen MR) is 92.9 cm³/mol. The molecule has 1 saturated carbocycles. The predicted octanol–water partition coefficient (Wildman–Crippen LogP) is 2.64. The van der Waals surface area contributed by atoms with Gasteiger partial charge < -0.3 is 10.1 Å². The van der Waals surface area contributed by atoms with Crippen LogP contribution >= 0.6 is 0 Å². The molecule has 1 N–H and O–H groups in total. The Morgan fingerprint density at radius 3 is 3.04 bits per heavy atom. The van der Waals surface area contributed by atoms with Crippen LogP contribution in [-0.2, 0) is 14.9 Å². The van der Waals surface area contributed by atoms with E-state index in [2.05, 4.69) is 41.4 Å². The van der Waals surface area contributed by atoms with Gasteiger partial charge >= 0.3 is 5.97 Å². The lowest BCUT2D eigenvalue weighted by Gasteiger charge is -2.55. The summed E-state index contributed by atoms with van der Waals surface area (Å²) < 4.78 is 5.29. The van der Waals surface area contributed by atoms with Crippen molar-refractivity contribution in [2.45, 2.75) is 43.7 Å². The Hall–Kier alpha value is -1.55. The maximum absolute atomic E-state index is 12.8. The van der Waals surface area contributed by atoms with Crippen molar-refractivity contribution in [3.05, 3.63) is 29.8 Å². The van der Waals surface area contributed by atoms with Gasteiger partial charge in [0.25, 0.3) is 0 Å². The maximum Gasteiger partial charge on any atom is 0.311 e. The van der Waals surface area contributed by atoms with Crippen LogP contribution < -0.4 is 5.32 Å². The third-order valence-corrected chi connectivity index (χ3v) is 7.53. The molecule has 5 rings (SSSR count). The number of nitrogens with zero attached hydrogens (tertiary/aromatic N) is 1. The van der Waals surface area contributed by atoms with E-state index in [0.717, 1.165) is 32.4 Å². The SMILES string of the molecule is CC[C@@H]1CN2CCC34c5ccccc5N[C@H]3[C@@H](C(=O)OC)[C@H]1C[C@H]24. The zero-order valence-electron chi connectivity index (χ0n) is 14.5. The molecule has 1 spiro atoms. The van der Waals surface area contributed by atoms with Crippen molar-refractivity contribution >= 4 is 11.7 Å². The van der Waals surface area contributed by atoms with E-state index in [1.807, 2.05) is 0 Å². The molecule has 1 aromatic rings. The van der Waals surface area contributed by atoms with Crippen LogP contribution in [0.15, 0.2) is 24.3 Å². The number of rotatable bonds is 2. The highest BCUT2D eigenvalue weighted by atomic mass is 16.5. The van der Waals surface area contributed by atoms with Gasteiger partial charge in [0.1, 0.15) is 0 Å². The highest BCUT2D eigenvalue weighted by Crippen LogP contribution is 2.61. The van der Waals surface area contributed by atoms with Crippen LogP contribution in [0.5, 0.6) is 0 Å². The Labute approximate surface area is 143 Å². The standard InChI is InChI=1S/C20H26N2O2/c1-3-12-11-22-9-8-20-14-6-4-5-7-15(14)21-18(20)17(19(23)24-2)13(12)10-16(20)22/h4-7,12-13,16-18,21H,3,8-11H2,1-2H3/t12-,13+,16+,17+,18+,20?/m1/s1. The molecule has 2 saturated heterocycles. The molecule has 0 amide bonds. The van der Waals surface area contributed by atoms with Gasteiger partial charge in [0.2, 0.25) is 0 Å². The topological polar surface area (TPSA) is 41.6 Å². The number of carbonyl (C=O) groups is 1. The minimum atomic E-state index is -0.0242. The number of nitrogens with one attached hydrogen (secondary N) is 1. The first kappa shape index (κ1) is 14.8. The van der Waals surface area contributed by atoms with Crippen molar-refractivity contribution in [1.82, 2.24) is 4.90 Å². The summed E-state index contributed by atoms with van der Waals surface area (Å²) in [5.41, 5.74) is 2.76. The fourth-order valence-corrected chi connectivity index (χ4v) is 6.57. The zero-order valence-corrected chi connectivity index (χ0v) is 14.5. The lowest BCUT2D eigenvalue weighted by Crippen LogP contribution is -2.65. The molecule has 3 heterocycles. The van der Waals surface area contributed by atoms with Gasteiger partial charge in [0, 0.05) is 23.7 Å². The van der Waals surface area contributed by atoms with Crippen LogP contribution in [0, 0.1) is 17.8 Å². The number of esters is 1. The number of methoxy groups -OCH3 is 1. The van der Waals surface area contributed by atoms with Crippen molar-refractivity contribution in [2.75, 3.05) is 25.5 Å². The maximum atomic E-state index is 12.8. The molecule has 4 aliphatic rings. The summed E-state index contributed by atoms with van der Waals surface area (Å²) in [7, 11) is 1.55. The second kappa shape index (κ2) is 4.98. The zero-order chi connectivity index (χ0) is 16.5. The highest BCUT2D eigenvalue weighted by Gasteiger charge is 2.67. The molecular weight excluding hydrogens is 300 g/mol. The normalized spacial score (nSPS) is 42.2. The molecule has 4 nitrogen and oxygen atoms in total. The van der Waals surface area contributed by atoms with Crippen LogP contribution in [0.2, 0.25) is 0 Å². The summed E-state index contributed by atoms with van der Waals surface area (Å²) in [6.45, 7) is 4.58. The minimum absolute atomic E-state index is 0.0121. The van der Waals surface area contributed by atoms with Crippen LogP contribution in [0.1, 0.15) is 31.7 Å². The van der Waals surface area contributed by atoms with Crippen molar-refractivity contribution < 1.29 is 9.53 Å². The number of para-hydroxylation sites is 1. The van der Waals surface area contributed by atoms with Gasteiger partial charge in [-0.05, 0) is 42.9 Å². The Bertz CT molecular complexity index is 690. The quantitative estimate of drug-likeness (QED) is 0.849. The molecular formula is C20H26N2O2. The second-order valence-corrected chi connectivity index (χ2v) is 8.09. The van der Waals surface area contributed by atoms with E-state index in [9.17, 15) is 4.79 Å². The first-order valence-electron chi connectivity index (χ1n) is 9.38. The summed E-state index contributed by atoms with van der Waals surface area (Å²) in [4.78, 5) is 15.5. The van der Waals surface area contributed by atoms with Crippen molar-refractivity contribution in [3.63, 3.8) is 0 Å². The van der Waals surface area contributed by atoms with E-state index >= 15 is 0 Å². The molecule has 1 unspecified atom stereocenters. The Kier molecular flexibility index (Phi) is 3.06. The van der Waals surface area contributed by atoms with Gasteiger partial charge in [-0.15, -0.1) is 0 Å². The van der Waals surface area contributed by atoms with Crippen molar-refractivity contribution in [3.8, 4) is 0 Å². The smallest absolute Gasteiger partial charge is 0.311 e.